The number of unbranched alkanes of at least 4 members (excludes halogenated alkanes) is 1. The Hall–Kier alpha value is -0.650. The van der Waals surface area contributed by atoms with Gasteiger partial charge in [0, 0.05) is 13.1 Å². The smallest absolute Gasteiger partial charge is 0.326 e. The molecule has 2 fully saturated rings. The maximum absolute atomic E-state index is 12.0. The van der Waals surface area contributed by atoms with Crippen LogP contribution in [0.4, 0.5) is 0 Å². The van der Waals surface area contributed by atoms with Gasteiger partial charge in [-0.15, -0.1) is 0 Å². The van der Waals surface area contributed by atoms with Crippen molar-refractivity contribution < 1.29 is 14.3 Å². The van der Waals surface area contributed by atoms with Gasteiger partial charge >= 0.3 is 5.97 Å². The van der Waals surface area contributed by atoms with Crippen molar-refractivity contribution in [3.8, 4) is 0 Å². The van der Waals surface area contributed by atoms with Crippen LogP contribution in [0, 0.1) is 0 Å². The molecule has 2 aliphatic rings. The summed E-state index contributed by atoms with van der Waals surface area (Å²) in [7, 11) is 1.83. The molecule has 0 aromatic heterocycles. The molecule has 1 N–H and O–H groups in total. The quantitative estimate of drug-likeness (QED) is 0.544. The lowest BCUT2D eigenvalue weighted by Gasteiger charge is -2.32. The Bertz CT molecular complexity index is 338. The Morgan fingerprint density at radius 2 is 2.00 bits per heavy atom. The highest BCUT2D eigenvalue weighted by Gasteiger charge is 2.34. The summed E-state index contributed by atoms with van der Waals surface area (Å²) < 4.78 is 11.0. The molecule has 0 amide bonds. The van der Waals surface area contributed by atoms with E-state index in [1.54, 1.807) is 0 Å². The largest absolute Gasteiger partial charge is 0.465 e. The van der Waals surface area contributed by atoms with Crippen LogP contribution in [0.3, 0.4) is 0 Å². The molecule has 3 atom stereocenters. The number of morpholine rings is 1. The molecule has 0 aliphatic carbocycles. The standard InChI is InChI=1S/C16H30N2O3/c1-4-20-15(19)16(2,17-3)9-5-6-10-18-11-13-7-8-14(12-18)21-13/h13-14,17H,4-12H2,1-3H3. The van der Waals surface area contributed by atoms with E-state index in [0.717, 1.165) is 38.9 Å². The lowest BCUT2D eigenvalue weighted by atomic mass is 9.95. The monoisotopic (exact) mass is 298 g/mol. The van der Waals surface area contributed by atoms with Crippen LogP contribution < -0.4 is 5.32 Å². The van der Waals surface area contributed by atoms with Crippen molar-refractivity contribution in [3.63, 3.8) is 0 Å². The molecular formula is C16H30N2O3. The predicted octanol–water partition coefficient (Wildman–Crippen LogP) is 1.56. The predicted molar refractivity (Wildman–Crippen MR) is 82.3 cm³/mol. The molecule has 0 radical (unpaired) electrons. The maximum atomic E-state index is 12.0. The van der Waals surface area contributed by atoms with Crippen LogP contribution in [0.15, 0.2) is 0 Å². The number of carbonyl (C=O) groups excluding carboxylic acids is 1. The zero-order valence-corrected chi connectivity index (χ0v) is 13.7. The summed E-state index contributed by atoms with van der Waals surface area (Å²) in [5, 5.41) is 3.12. The molecule has 3 unspecified atom stereocenters. The Kier molecular flexibility index (Phi) is 6.02. The van der Waals surface area contributed by atoms with Gasteiger partial charge < -0.3 is 14.8 Å². The number of hydrogen-bond acceptors (Lipinski definition) is 5. The van der Waals surface area contributed by atoms with Gasteiger partial charge in [-0.2, -0.15) is 0 Å². The highest BCUT2D eigenvalue weighted by molar-refractivity contribution is 5.80. The first-order valence-corrected chi connectivity index (χ1v) is 8.31. The van der Waals surface area contributed by atoms with Gasteiger partial charge in [-0.05, 0) is 59.5 Å². The molecule has 0 spiro atoms. The van der Waals surface area contributed by atoms with Crippen molar-refractivity contribution >= 4 is 5.97 Å². The summed E-state index contributed by atoms with van der Waals surface area (Å²) in [4.78, 5) is 14.5. The number of nitrogens with zero attached hydrogens (tertiary/aromatic N) is 1. The molecule has 21 heavy (non-hydrogen) atoms. The molecule has 2 aliphatic heterocycles. The average Bonchev–Trinajstić information content (AvgIpc) is 2.82. The number of fused-ring (bicyclic) bond motifs is 2. The lowest BCUT2D eigenvalue weighted by Crippen LogP contribution is -2.48. The van der Waals surface area contributed by atoms with Gasteiger partial charge in [0.1, 0.15) is 5.54 Å². The van der Waals surface area contributed by atoms with Crippen LogP contribution in [-0.4, -0.2) is 61.9 Å². The zero-order valence-electron chi connectivity index (χ0n) is 13.7. The number of carbonyl (C=O) groups is 1. The molecule has 2 bridgehead atoms. The van der Waals surface area contributed by atoms with Crippen molar-refractivity contribution in [3.05, 3.63) is 0 Å². The summed E-state index contributed by atoms with van der Waals surface area (Å²) >= 11 is 0. The second-order valence-corrected chi connectivity index (χ2v) is 6.48. The Labute approximate surface area is 128 Å². The molecular weight excluding hydrogens is 268 g/mol. The van der Waals surface area contributed by atoms with Crippen molar-refractivity contribution in [2.24, 2.45) is 0 Å². The van der Waals surface area contributed by atoms with E-state index >= 15 is 0 Å². The highest BCUT2D eigenvalue weighted by atomic mass is 16.5. The van der Waals surface area contributed by atoms with E-state index in [4.69, 9.17) is 9.47 Å². The van der Waals surface area contributed by atoms with Crippen molar-refractivity contribution in [1.82, 2.24) is 10.2 Å². The number of hydrogen-bond donors (Lipinski definition) is 1. The van der Waals surface area contributed by atoms with Gasteiger partial charge in [0.05, 0.1) is 18.8 Å². The Morgan fingerprint density at radius 1 is 1.33 bits per heavy atom. The van der Waals surface area contributed by atoms with E-state index < -0.39 is 5.54 Å². The highest BCUT2D eigenvalue weighted by Crippen LogP contribution is 2.26. The first-order chi connectivity index (χ1) is 10.1. The van der Waals surface area contributed by atoms with Gasteiger partial charge in [-0.3, -0.25) is 9.69 Å². The maximum Gasteiger partial charge on any atom is 0.326 e. The zero-order chi connectivity index (χ0) is 15.3. The van der Waals surface area contributed by atoms with Gasteiger partial charge in [0.2, 0.25) is 0 Å². The third-order valence-electron chi connectivity index (χ3n) is 4.80. The summed E-state index contributed by atoms with van der Waals surface area (Å²) in [6, 6.07) is 0. The van der Waals surface area contributed by atoms with Gasteiger partial charge in [0.25, 0.3) is 0 Å². The number of likely N-dealkylation sites (tertiary alicyclic amines) is 1. The van der Waals surface area contributed by atoms with Crippen molar-refractivity contribution in [2.75, 3.05) is 33.3 Å². The fraction of sp³-hybridized carbons (Fsp3) is 0.938. The van der Waals surface area contributed by atoms with Gasteiger partial charge in [-0.1, -0.05) is 0 Å². The first-order valence-electron chi connectivity index (χ1n) is 8.31. The third kappa shape index (κ3) is 4.41. The fourth-order valence-electron chi connectivity index (χ4n) is 3.32. The molecule has 122 valence electrons. The van der Waals surface area contributed by atoms with Gasteiger partial charge in [0.15, 0.2) is 0 Å². The number of ether oxygens (including phenoxy) is 2. The first kappa shape index (κ1) is 16.7. The summed E-state index contributed by atoms with van der Waals surface area (Å²) in [5.41, 5.74) is -0.556. The number of likely N-dealkylation sites (N-methyl/N-ethyl adjacent to an activating group) is 1. The summed E-state index contributed by atoms with van der Waals surface area (Å²) in [6.45, 7) is 7.49. The minimum atomic E-state index is -0.556. The molecule has 2 saturated heterocycles. The van der Waals surface area contributed by atoms with Crippen LogP contribution in [0.25, 0.3) is 0 Å². The molecule has 0 saturated carbocycles. The SMILES string of the molecule is CCOC(=O)C(C)(CCCCN1CC2CCC(C1)O2)NC. The minimum absolute atomic E-state index is 0.142. The summed E-state index contributed by atoms with van der Waals surface area (Å²) in [6.07, 6.45) is 6.35. The second kappa shape index (κ2) is 7.56. The van der Waals surface area contributed by atoms with Crippen LogP contribution in [-0.2, 0) is 14.3 Å². The number of nitrogens with one attached hydrogen (secondary N) is 1. The summed E-state index contributed by atoms with van der Waals surface area (Å²) in [5.74, 6) is -0.142. The van der Waals surface area contributed by atoms with Crippen LogP contribution in [0.1, 0.15) is 46.0 Å². The molecule has 2 heterocycles. The molecule has 5 nitrogen and oxygen atoms in total. The van der Waals surface area contributed by atoms with Gasteiger partial charge in [-0.25, -0.2) is 0 Å². The van der Waals surface area contributed by atoms with Crippen molar-refractivity contribution in [2.45, 2.75) is 63.7 Å². The van der Waals surface area contributed by atoms with E-state index in [1.807, 2.05) is 20.9 Å². The van der Waals surface area contributed by atoms with Crippen LogP contribution in [0.2, 0.25) is 0 Å². The number of esters is 1. The molecule has 5 heteroatoms. The molecule has 2 rings (SSSR count). The van der Waals surface area contributed by atoms with E-state index in [1.165, 1.54) is 12.8 Å². The van der Waals surface area contributed by atoms with E-state index in [9.17, 15) is 4.79 Å². The molecule has 0 aromatic carbocycles. The average molecular weight is 298 g/mol. The topological polar surface area (TPSA) is 50.8 Å². The second-order valence-electron chi connectivity index (χ2n) is 6.48. The van der Waals surface area contributed by atoms with Crippen LogP contribution in [0.5, 0.6) is 0 Å². The third-order valence-corrected chi connectivity index (χ3v) is 4.80. The lowest BCUT2D eigenvalue weighted by molar-refractivity contribution is -0.150. The van der Waals surface area contributed by atoms with Crippen LogP contribution >= 0.6 is 0 Å². The Morgan fingerprint density at radius 3 is 2.57 bits per heavy atom. The van der Waals surface area contributed by atoms with E-state index in [-0.39, 0.29) is 5.97 Å². The minimum Gasteiger partial charge on any atom is -0.465 e. The number of rotatable bonds is 8. The fourth-order valence-corrected chi connectivity index (χ4v) is 3.32. The Balaban J connectivity index is 1.67. The van der Waals surface area contributed by atoms with Crippen molar-refractivity contribution in [1.29, 1.82) is 0 Å². The van der Waals surface area contributed by atoms with E-state index in [2.05, 4.69) is 10.2 Å². The molecule has 0 aromatic rings. The normalized spacial score (nSPS) is 28.3. The van der Waals surface area contributed by atoms with E-state index in [0.29, 0.717) is 18.8 Å².